The Morgan fingerprint density at radius 3 is 2.10 bits per heavy atom. The van der Waals surface area contributed by atoms with Crippen molar-refractivity contribution in [2.45, 2.75) is 46.5 Å². The molecule has 0 bridgehead atoms. The van der Waals surface area contributed by atoms with E-state index >= 15 is 0 Å². The molecule has 7 aromatic rings. The topological polar surface area (TPSA) is 27.1 Å². The molecule has 0 aliphatic carbocycles. The van der Waals surface area contributed by atoms with E-state index in [9.17, 15) is 0 Å². The van der Waals surface area contributed by atoms with Crippen LogP contribution in [0.4, 0.5) is 22.7 Å². The van der Waals surface area contributed by atoms with Crippen LogP contribution in [0.2, 0.25) is 0 Å². The van der Waals surface area contributed by atoms with Crippen LogP contribution in [-0.4, -0.2) is 9.55 Å². The average Bonchev–Trinajstić information content (AvgIpc) is 3.59. The van der Waals surface area contributed by atoms with E-state index in [0.29, 0.717) is 15.1 Å². The van der Waals surface area contributed by atoms with Gasteiger partial charge in [0.05, 0.1) is 11.0 Å². The van der Waals surface area contributed by atoms with Gasteiger partial charge in [-0.2, -0.15) is 9.18 Å². The summed E-state index contributed by atoms with van der Waals surface area (Å²) in [7, 11) is 0. The number of hydrogen-bond donors (Lipinski definition) is 0. The molecule has 9 rings (SSSR count). The number of hydrogen-bond acceptors (Lipinski definition) is 2. The quantitative estimate of drug-likeness (QED) is 0.0984. The van der Waals surface area contributed by atoms with Gasteiger partial charge in [0.1, 0.15) is 17.3 Å². The summed E-state index contributed by atoms with van der Waals surface area (Å²) >= 11 is 0. The SMILES string of the molecule is CC(C)Cc1ccnc(-n2c3ccccc3c3ccc(Oc4cccc([N+]56[CH-][N@+]5(c5cccc(C(C)(C)C)c5)c5ccccc56)c4)cc32)c1. The first-order chi connectivity index (χ1) is 23.7. The summed E-state index contributed by atoms with van der Waals surface area (Å²) in [4.78, 5) is 4.85. The summed E-state index contributed by atoms with van der Waals surface area (Å²) in [6.07, 6.45) is 2.95. The Hall–Kier alpha value is -5.23. The standard InChI is InChI=1S/C44H41N4O/c1-30(2)24-31-22-23-45-43(25-31)46-39-17-7-6-16-37(39)38-21-20-36(28-40(38)46)49-35-15-11-14-34(27-35)48-29-47(48,41-18-8-9-19-42(41)48)33-13-10-12-32(26-33)44(3,4)5/h6-23,25-30H,24H2,1-5H3/q+1/t47-,48?/m0/s1. The van der Waals surface area contributed by atoms with Crippen LogP contribution in [0.3, 0.4) is 0 Å². The Labute approximate surface area is 288 Å². The maximum absolute atomic E-state index is 6.70. The fourth-order valence-corrected chi connectivity index (χ4v) is 7.98. The third-order valence-corrected chi connectivity index (χ3v) is 10.3. The van der Waals surface area contributed by atoms with Gasteiger partial charge in [-0.15, -0.1) is 0 Å². The number of quaternary nitrogens is 2. The van der Waals surface area contributed by atoms with E-state index in [0.717, 1.165) is 34.8 Å². The van der Waals surface area contributed by atoms with Gasteiger partial charge in [0.15, 0.2) is 18.0 Å². The molecule has 0 spiro atoms. The van der Waals surface area contributed by atoms with Gasteiger partial charge in [0.25, 0.3) is 0 Å². The molecule has 1 saturated heterocycles. The minimum absolute atomic E-state index is 0.0674. The highest BCUT2D eigenvalue weighted by Crippen LogP contribution is 2.75. The van der Waals surface area contributed by atoms with Gasteiger partial charge in [-0.1, -0.05) is 83.1 Å². The maximum atomic E-state index is 6.70. The van der Waals surface area contributed by atoms with Gasteiger partial charge in [0, 0.05) is 59.4 Å². The summed E-state index contributed by atoms with van der Waals surface area (Å²) in [5.74, 6) is 3.11. The van der Waals surface area contributed by atoms with Gasteiger partial charge in [-0.3, -0.25) is 4.57 Å². The van der Waals surface area contributed by atoms with E-state index in [2.05, 4.69) is 173 Å². The highest BCUT2D eigenvalue weighted by atomic mass is 16.5. The smallest absolute Gasteiger partial charge is 0.225 e. The molecule has 2 atom stereocenters. The van der Waals surface area contributed by atoms with E-state index in [4.69, 9.17) is 9.72 Å². The Balaban J connectivity index is 1.11. The van der Waals surface area contributed by atoms with E-state index < -0.39 is 0 Å². The minimum atomic E-state index is 0.0674. The van der Waals surface area contributed by atoms with Crippen LogP contribution in [0.25, 0.3) is 27.6 Å². The summed E-state index contributed by atoms with van der Waals surface area (Å²) in [6, 6.07) is 45.9. The molecule has 2 aliphatic rings. The van der Waals surface area contributed by atoms with Crippen LogP contribution in [0.15, 0.2) is 134 Å². The van der Waals surface area contributed by atoms with Gasteiger partial charge < -0.3 is 4.74 Å². The Kier molecular flexibility index (Phi) is 6.48. The van der Waals surface area contributed by atoms with Crippen molar-refractivity contribution >= 4 is 44.6 Å². The summed E-state index contributed by atoms with van der Waals surface area (Å²) in [5.41, 5.74) is 10.0. The average molecular weight is 642 g/mol. The molecule has 49 heavy (non-hydrogen) atoms. The van der Waals surface area contributed by atoms with Gasteiger partial charge in [0.2, 0.25) is 11.4 Å². The van der Waals surface area contributed by atoms with E-state index in [1.165, 1.54) is 44.6 Å². The van der Waals surface area contributed by atoms with Crippen molar-refractivity contribution in [1.82, 2.24) is 18.7 Å². The monoisotopic (exact) mass is 641 g/mol. The van der Waals surface area contributed by atoms with E-state index in [1.54, 1.807) is 0 Å². The highest BCUT2D eigenvalue weighted by Gasteiger charge is 2.77. The van der Waals surface area contributed by atoms with Crippen molar-refractivity contribution in [3.8, 4) is 17.3 Å². The molecule has 5 nitrogen and oxygen atoms in total. The molecule has 1 fully saturated rings. The molecule has 242 valence electrons. The number of nitrogens with zero attached hydrogens (tertiary/aromatic N) is 4. The predicted octanol–water partition coefficient (Wildman–Crippen LogP) is 11.8. The minimum Gasteiger partial charge on any atom is -0.457 e. The molecule has 2 aromatic heterocycles. The first-order valence-electron chi connectivity index (χ1n) is 17.3. The number of aromatic nitrogens is 2. The zero-order valence-corrected chi connectivity index (χ0v) is 28.8. The number of rotatable bonds is 7. The van der Waals surface area contributed by atoms with Gasteiger partial charge >= 0.3 is 0 Å². The molecular weight excluding hydrogens is 601 g/mol. The van der Waals surface area contributed by atoms with Crippen molar-refractivity contribution in [2.24, 2.45) is 5.92 Å². The Morgan fingerprint density at radius 2 is 1.35 bits per heavy atom. The van der Waals surface area contributed by atoms with Crippen molar-refractivity contribution in [1.29, 1.82) is 0 Å². The fraction of sp³-hybridized carbons (Fsp3) is 0.182. The number of pyridine rings is 1. The Morgan fingerprint density at radius 1 is 0.673 bits per heavy atom. The van der Waals surface area contributed by atoms with Crippen LogP contribution in [-0.2, 0) is 11.8 Å². The predicted molar refractivity (Wildman–Crippen MR) is 202 cm³/mol. The maximum Gasteiger partial charge on any atom is 0.225 e. The van der Waals surface area contributed by atoms with Crippen LogP contribution >= 0.6 is 0 Å². The lowest BCUT2D eigenvalue weighted by Gasteiger charge is -2.40. The van der Waals surface area contributed by atoms with Gasteiger partial charge in [-0.05, 0) is 65.3 Å². The zero-order chi connectivity index (χ0) is 33.5. The molecule has 4 heterocycles. The molecule has 2 aliphatic heterocycles. The molecule has 0 N–H and O–H groups in total. The van der Waals surface area contributed by atoms with Crippen LogP contribution in [0.5, 0.6) is 11.5 Å². The normalized spacial score (nSPS) is 19.5. The number of fused-ring (bicyclic) bond motifs is 7. The second kappa shape index (κ2) is 10.6. The summed E-state index contributed by atoms with van der Waals surface area (Å²) < 4.78 is 10.3. The molecule has 5 heteroatoms. The molecule has 5 aromatic carbocycles. The molecule has 1 unspecified atom stereocenters. The second-order valence-corrected chi connectivity index (χ2v) is 15.0. The van der Waals surface area contributed by atoms with Crippen molar-refractivity contribution < 1.29 is 4.74 Å². The van der Waals surface area contributed by atoms with Crippen LogP contribution in [0.1, 0.15) is 45.7 Å². The molecular formula is C44H41N4O+. The summed E-state index contributed by atoms with van der Waals surface area (Å²) in [6.45, 7) is 13.8. The van der Waals surface area contributed by atoms with E-state index in [-0.39, 0.29) is 5.41 Å². The highest BCUT2D eigenvalue weighted by molar-refractivity contribution is 6.09. The number of ether oxygens (including phenoxy) is 1. The van der Waals surface area contributed by atoms with Crippen molar-refractivity contribution in [3.63, 3.8) is 0 Å². The lowest BCUT2D eigenvalue weighted by molar-refractivity contribution is 0.423. The first-order valence-corrected chi connectivity index (χ1v) is 17.3. The Bertz CT molecular complexity index is 2420. The molecule has 0 saturated carbocycles. The lowest BCUT2D eigenvalue weighted by atomic mass is 9.87. The summed E-state index contributed by atoms with van der Waals surface area (Å²) in [5, 5.41) is 2.39. The van der Waals surface area contributed by atoms with Crippen molar-refractivity contribution in [3.05, 3.63) is 151 Å². The van der Waals surface area contributed by atoms with E-state index in [1.807, 2.05) is 6.20 Å². The number of para-hydroxylation sites is 3. The third kappa shape index (κ3) is 4.42. The fourth-order valence-electron chi connectivity index (χ4n) is 7.98. The van der Waals surface area contributed by atoms with Crippen molar-refractivity contribution in [2.75, 3.05) is 0 Å². The second-order valence-electron chi connectivity index (χ2n) is 15.0. The van der Waals surface area contributed by atoms with Gasteiger partial charge in [-0.25, -0.2) is 4.98 Å². The molecule has 0 radical (unpaired) electrons. The zero-order valence-electron chi connectivity index (χ0n) is 28.8. The largest absolute Gasteiger partial charge is 0.457 e. The lowest BCUT2D eigenvalue weighted by Crippen LogP contribution is -2.46. The van der Waals surface area contributed by atoms with Crippen LogP contribution in [0, 0.1) is 12.6 Å². The molecule has 0 amide bonds. The van der Waals surface area contributed by atoms with Crippen LogP contribution < -0.4 is 13.9 Å². The number of benzene rings is 5. The third-order valence-electron chi connectivity index (χ3n) is 10.3. The first kappa shape index (κ1) is 29.9.